The van der Waals surface area contributed by atoms with E-state index in [9.17, 15) is 20.1 Å². The molecule has 148 valence electrons. The Morgan fingerprint density at radius 1 is 1.41 bits per heavy atom. The number of aliphatic hydroxyl groups excluding tert-OH is 2. The van der Waals surface area contributed by atoms with Gasteiger partial charge in [0.15, 0.2) is 23.9 Å². The van der Waals surface area contributed by atoms with Crippen LogP contribution in [0.1, 0.15) is 12.6 Å². The fourth-order valence-corrected chi connectivity index (χ4v) is 3.21. The summed E-state index contributed by atoms with van der Waals surface area (Å²) in [5, 5.41) is 29.9. The third-order valence-corrected chi connectivity index (χ3v) is 4.85. The number of aliphatic carboxylic acids is 1. The molecule has 1 fully saturated rings. The summed E-state index contributed by atoms with van der Waals surface area (Å²) in [5.41, 5.74) is 11.7. The number of aromatic nitrogens is 4. The molecule has 5 atom stereocenters. The molecule has 27 heavy (non-hydrogen) atoms. The molecule has 0 radical (unpaired) electrons. The Morgan fingerprint density at radius 3 is 2.89 bits per heavy atom. The van der Waals surface area contributed by atoms with E-state index in [2.05, 4.69) is 25.8 Å². The molecule has 12 nitrogen and oxygen atoms in total. The largest absolute Gasteiger partial charge is 0.480 e. The number of hydrazine groups is 1. The van der Waals surface area contributed by atoms with Crippen LogP contribution in [0.15, 0.2) is 12.7 Å². The Morgan fingerprint density at radius 2 is 2.19 bits per heavy atom. The van der Waals surface area contributed by atoms with Crippen LogP contribution in [-0.4, -0.2) is 77.3 Å². The molecule has 0 aromatic carbocycles. The highest BCUT2D eigenvalue weighted by Crippen LogP contribution is 2.30. The van der Waals surface area contributed by atoms with E-state index in [1.54, 1.807) is 0 Å². The van der Waals surface area contributed by atoms with Crippen LogP contribution in [0.5, 0.6) is 0 Å². The number of nitrogens with one attached hydrogen (secondary N) is 2. The molecular formula is C14H21N7O5S. The van der Waals surface area contributed by atoms with Crippen LogP contribution < -0.4 is 16.6 Å². The zero-order chi connectivity index (χ0) is 19.6. The lowest BCUT2D eigenvalue weighted by molar-refractivity contribution is -0.140. The van der Waals surface area contributed by atoms with Gasteiger partial charge in [-0.05, 0) is 18.4 Å². The summed E-state index contributed by atoms with van der Waals surface area (Å²) in [6.45, 7) is 0. The third kappa shape index (κ3) is 3.97. The molecule has 3 heterocycles. The van der Waals surface area contributed by atoms with Gasteiger partial charge >= 0.3 is 5.97 Å². The fourth-order valence-electron chi connectivity index (χ4n) is 2.74. The number of ether oxygens (including phenoxy) is 1. The van der Waals surface area contributed by atoms with E-state index in [0.29, 0.717) is 23.3 Å². The summed E-state index contributed by atoms with van der Waals surface area (Å²) in [4.78, 5) is 23.3. The van der Waals surface area contributed by atoms with Crippen molar-refractivity contribution in [3.05, 3.63) is 12.7 Å². The Hall–Kier alpha value is -2.03. The van der Waals surface area contributed by atoms with Crippen molar-refractivity contribution >= 4 is 34.7 Å². The highest BCUT2D eigenvalue weighted by atomic mass is 32.2. The number of rotatable bonds is 8. The number of anilines is 1. The number of nitrogens with zero attached hydrogens (tertiary/aromatic N) is 4. The lowest BCUT2D eigenvalue weighted by Gasteiger charge is -2.20. The van der Waals surface area contributed by atoms with Crippen LogP contribution in [0.3, 0.4) is 0 Å². The molecular weight excluding hydrogens is 378 g/mol. The molecule has 0 bridgehead atoms. The highest BCUT2D eigenvalue weighted by molar-refractivity contribution is 7.98. The van der Waals surface area contributed by atoms with Crippen molar-refractivity contribution in [2.24, 2.45) is 0 Å². The van der Waals surface area contributed by atoms with E-state index in [1.165, 1.54) is 29.0 Å². The number of hydrogen-bond acceptors (Lipinski definition) is 11. The van der Waals surface area contributed by atoms with Gasteiger partial charge in [0.05, 0.1) is 6.33 Å². The first-order chi connectivity index (χ1) is 12.9. The van der Waals surface area contributed by atoms with E-state index >= 15 is 0 Å². The summed E-state index contributed by atoms with van der Waals surface area (Å²) in [6.07, 6.45) is 0.245. The van der Waals surface area contributed by atoms with Gasteiger partial charge in [-0.25, -0.2) is 25.8 Å². The molecule has 1 aliphatic rings. The van der Waals surface area contributed by atoms with Crippen molar-refractivity contribution in [2.75, 3.05) is 17.7 Å². The Labute approximate surface area is 158 Å². The molecule has 1 aliphatic heterocycles. The average Bonchev–Trinajstić information content (AvgIpc) is 3.18. The van der Waals surface area contributed by atoms with Crippen LogP contribution in [0.4, 0.5) is 5.82 Å². The normalized spacial score (nSPS) is 26.5. The maximum atomic E-state index is 11.3. The average molecular weight is 399 g/mol. The lowest BCUT2D eigenvalue weighted by Crippen LogP contribution is -2.53. The lowest BCUT2D eigenvalue weighted by atomic mass is 10.2. The molecule has 0 unspecified atom stereocenters. The standard InChI is InChI=1S/C14H21N7O5S/c1-27-3-2-6(14(24)25)19-20-12-8(22)9(23)13(26-12)21-5-18-7-10(15)16-4-17-11(7)21/h4-6,8-9,12-13,19-20,22-23H,2-3H2,1H3,(H,24,25)(H2,15,16,17)/t6-,8-,9+,12-,13+/m0/s1. The minimum atomic E-state index is -1.31. The second-order valence-corrected chi connectivity index (χ2v) is 6.96. The second-order valence-electron chi connectivity index (χ2n) is 5.97. The van der Waals surface area contributed by atoms with Crippen molar-refractivity contribution < 1.29 is 24.9 Å². The minimum absolute atomic E-state index is 0.182. The van der Waals surface area contributed by atoms with Gasteiger partial charge in [0.1, 0.15) is 30.1 Å². The van der Waals surface area contributed by atoms with Crippen molar-refractivity contribution in [2.45, 2.75) is 37.1 Å². The molecule has 0 spiro atoms. The monoisotopic (exact) mass is 399 g/mol. The number of hydrogen-bond donors (Lipinski definition) is 6. The molecule has 2 aromatic rings. The van der Waals surface area contributed by atoms with E-state index in [4.69, 9.17) is 10.5 Å². The zero-order valence-corrected chi connectivity index (χ0v) is 15.2. The fraction of sp³-hybridized carbons (Fsp3) is 0.571. The van der Waals surface area contributed by atoms with Gasteiger partial charge in [-0.15, -0.1) is 0 Å². The van der Waals surface area contributed by atoms with E-state index in [1.807, 2.05) is 6.26 Å². The number of carbonyl (C=O) groups is 1. The second kappa shape index (κ2) is 8.33. The number of carboxylic acid groups (broad SMARTS) is 1. The number of carboxylic acids is 1. The van der Waals surface area contributed by atoms with Gasteiger partial charge in [-0.3, -0.25) is 9.36 Å². The Kier molecular flexibility index (Phi) is 6.08. The van der Waals surface area contributed by atoms with Crippen molar-refractivity contribution in [1.29, 1.82) is 0 Å². The first-order valence-electron chi connectivity index (χ1n) is 8.11. The Balaban J connectivity index is 1.71. The van der Waals surface area contributed by atoms with Gasteiger partial charge < -0.3 is 25.8 Å². The van der Waals surface area contributed by atoms with Crippen molar-refractivity contribution in [3.8, 4) is 0 Å². The smallest absolute Gasteiger partial charge is 0.322 e. The maximum absolute atomic E-state index is 11.3. The van der Waals surface area contributed by atoms with Gasteiger partial charge in [0.25, 0.3) is 0 Å². The van der Waals surface area contributed by atoms with E-state index < -0.39 is 36.7 Å². The number of aliphatic hydroxyl groups is 2. The molecule has 7 N–H and O–H groups in total. The Bertz CT molecular complexity index is 805. The van der Waals surface area contributed by atoms with Crippen LogP contribution in [0.25, 0.3) is 11.2 Å². The molecule has 0 aliphatic carbocycles. The molecule has 2 aromatic heterocycles. The van der Waals surface area contributed by atoms with E-state index in [-0.39, 0.29) is 5.82 Å². The van der Waals surface area contributed by atoms with Gasteiger partial charge in [-0.1, -0.05) is 0 Å². The first kappa shape index (κ1) is 19.7. The summed E-state index contributed by atoms with van der Waals surface area (Å²) in [6, 6.07) is -0.869. The van der Waals surface area contributed by atoms with Crippen LogP contribution in [-0.2, 0) is 9.53 Å². The topological polar surface area (TPSA) is 181 Å². The van der Waals surface area contributed by atoms with Crippen molar-refractivity contribution in [1.82, 2.24) is 30.4 Å². The molecule has 13 heteroatoms. The SMILES string of the molecule is CSCC[C@H](NN[C@H]1O[C@@H](n2cnc3c(N)ncnc32)[C@H](O)[C@@H]1O)C(=O)O. The number of nitrogen functional groups attached to an aromatic ring is 1. The summed E-state index contributed by atoms with van der Waals surface area (Å²) < 4.78 is 7.10. The zero-order valence-electron chi connectivity index (χ0n) is 14.4. The maximum Gasteiger partial charge on any atom is 0.322 e. The van der Waals surface area contributed by atoms with Crippen LogP contribution in [0, 0.1) is 0 Å². The molecule has 3 rings (SSSR count). The first-order valence-corrected chi connectivity index (χ1v) is 9.50. The minimum Gasteiger partial charge on any atom is -0.480 e. The highest BCUT2D eigenvalue weighted by Gasteiger charge is 2.44. The van der Waals surface area contributed by atoms with Crippen molar-refractivity contribution in [3.63, 3.8) is 0 Å². The summed E-state index contributed by atoms with van der Waals surface area (Å²) in [7, 11) is 0. The summed E-state index contributed by atoms with van der Waals surface area (Å²) in [5.74, 6) is -0.206. The quantitative estimate of drug-likeness (QED) is 0.277. The molecule has 0 amide bonds. The molecule has 1 saturated heterocycles. The van der Waals surface area contributed by atoms with Gasteiger partial charge in [0.2, 0.25) is 0 Å². The number of imidazole rings is 1. The summed E-state index contributed by atoms with van der Waals surface area (Å²) >= 11 is 1.52. The van der Waals surface area contributed by atoms with Crippen LogP contribution in [0.2, 0.25) is 0 Å². The van der Waals surface area contributed by atoms with Crippen LogP contribution >= 0.6 is 11.8 Å². The number of nitrogens with two attached hydrogens (primary N) is 1. The third-order valence-electron chi connectivity index (χ3n) is 4.21. The number of fused-ring (bicyclic) bond motifs is 1. The van der Waals surface area contributed by atoms with E-state index in [0.717, 1.165) is 0 Å². The van der Waals surface area contributed by atoms with Gasteiger partial charge in [0, 0.05) is 0 Å². The predicted molar refractivity (Wildman–Crippen MR) is 96.4 cm³/mol. The predicted octanol–water partition coefficient (Wildman–Crippen LogP) is -1.71. The van der Waals surface area contributed by atoms with Gasteiger partial charge in [-0.2, -0.15) is 11.8 Å². The number of thioether (sulfide) groups is 1. The molecule has 0 saturated carbocycles.